The molecule has 3 heterocycles. The van der Waals surface area contributed by atoms with Crippen LogP contribution in [0.4, 0.5) is 5.69 Å². The van der Waals surface area contributed by atoms with E-state index in [1.165, 1.54) is 16.1 Å². The van der Waals surface area contributed by atoms with Crippen molar-refractivity contribution in [2.75, 3.05) is 24.6 Å². The van der Waals surface area contributed by atoms with Crippen LogP contribution in [-0.4, -0.2) is 46.1 Å². The zero-order valence-electron chi connectivity index (χ0n) is 19.6. The number of hydrogen-bond donors (Lipinski definition) is 0. The average Bonchev–Trinajstić information content (AvgIpc) is 3.39. The Bertz CT molecular complexity index is 1110. The molecule has 2 aromatic heterocycles. The van der Waals surface area contributed by atoms with E-state index in [2.05, 4.69) is 33.2 Å². The van der Waals surface area contributed by atoms with E-state index in [0.717, 1.165) is 35.8 Å². The number of aromatic nitrogens is 3. The molecule has 0 fully saturated rings. The second kappa shape index (κ2) is 9.97. The number of fused-ring (bicyclic) bond motifs is 1. The van der Waals surface area contributed by atoms with Crippen molar-refractivity contribution < 1.29 is 14.3 Å². The molecule has 33 heavy (non-hydrogen) atoms. The standard InChI is InChI=1S/C25H30N4O3S/c1-25(2,3)32-24(30)14-19-7-10-23(26-15-19)29-12-11-20(27-29)8-5-18-6-9-21-22(13-18)33-17-28(21)16-31-4/h6-7,9-13,15H,5,8,14,16-17H2,1-4H3. The summed E-state index contributed by atoms with van der Waals surface area (Å²) < 4.78 is 12.4. The minimum absolute atomic E-state index is 0.206. The first-order chi connectivity index (χ1) is 15.8. The zero-order chi connectivity index (χ0) is 23.4. The van der Waals surface area contributed by atoms with Crippen LogP contribution < -0.4 is 4.90 Å². The van der Waals surface area contributed by atoms with Crippen molar-refractivity contribution in [2.24, 2.45) is 0 Å². The minimum atomic E-state index is -0.487. The first-order valence-corrected chi connectivity index (χ1v) is 12.0. The third kappa shape index (κ3) is 6.15. The van der Waals surface area contributed by atoms with Gasteiger partial charge < -0.3 is 14.4 Å². The van der Waals surface area contributed by atoms with Gasteiger partial charge >= 0.3 is 5.97 Å². The molecule has 174 valence electrons. The third-order valence-corrected chi connectivity index (χ3v) is 6.23. The number of carbonyl (C=O) groups is 1. The quantitative estimate of drug-likeness (QED) is 0.456. The summed E-state index contributed by atoms with van der Waals surface area (Å²) in [5, 5.41) is 4.68. The van der Waals surface area contributed by atoms with Gasteiger partial charge in [0.05, 0.1) is 23.7 Å². The van der Waals surface area contributed by atoms with Gasteiger partial charge in [0.25, 0.3) is 0 Å². The first-order valence-electron chi connectivity index (χ1n) is 11.0. The van der Waals surface area contributed by atoms with E-state index < -0.39 is 5.60 Å². The van der Waals surface area contributed by atoms with Gasteiger partial charge in [-0.1, -0.05) is 12.1 Å². The monoisotopic (exact) mass is 466 g/mol. The Kier molecular flexibility index (Phi) is 7.05. The van der Waals surface area contributed by atoms with Gasteiger partial charge in [0.2, 0.25) is 0 Å². The topological polar surface area (TPSA) is 69.5 Å². The van der Waals surface area contributed by atoms with Gasteiger partial charge in [-0.3, -0.25) is 4.79 Å². The maximum Gasteiger partial charge on any atom is 0.310 e. The number of hydrogen-bond acceptors (Lipinski definition) is 7. The van der Waals surface area contributed by atoms with Crippen molar-refractivity contribution in [1.82, 2.24) is 14.8 Å². The van der Waals surface area contributed by atoms with E-state index >= 15 is 0 Å². The van der Waals surface area contributed by atoms with E-state index in [1.807, 2.05) is 56.9 Å². The van der Waals surface area contributed by atoms with Crippen molar-refractivity contribution in [2.45, 2.75) is 50.5 Å². The van der Waals surface area contributed by atoms with Crippen LogP contribution in [0.2, 0.25) is 0 Å². The molecular weight excluding hydrogens is 436 g/mol. The molecular formula is C25H30N4O3S. The predicted octanol–water partition coefficient (Wildman–Crippen LogP) is 4.41. The molecule has 0 saturated heterocycles. The lowest BCUT2D eigenvalue weighted by Gasteiger charge is -2.19. The lowest BCUT2D eigenvalue weighted by molar-refractivity contribution is -0.153. The Morgan fingerprint density at radius 2 is 1.94 bits per heavy atom. The molecule has 0 spiro atoms. The van der Waals surface area contributed by atoms with Gasteiger partial charge in [-0.05, 0) is 69.0 Å². The van der Waals surface area contributed by atoms with Crippen LogP contribution in [0.5, 0.6) is 0 Å². The normalized spacial score (nSPS) is 13.3. The molecule has 0 saturated carbocycles. The smallest absolute Gasteiger partial charge is 0.310 e. The van der Waals surface area contributed by atoms with Crippen LogP contribution in [0.1, 0.15) is 37.6 Å². The number of ether oxygens (including phenoxy) is 2. The summed E-state index contributed by atoms with van der Waals surface area (Å²) >= 11 is 1.85. The molecule has 7 nitrogen and oxygen atoms in total. The summed E-state index contributed by atoms with van der Waals surface area (Å²) in [6.07, 6.45) is 5.62. The van der Waals surface area contributed by atoms with Crippen LogP contribution in [0.25, 0.3) is 5.82 Å². The fourth-order valence-electron chi connectivity index (χ4n) is 3.67. The lowest BCUT2D eigenvalue weighted by Crippen LogP contribution is -2.24. The van der Waals surface area contributed by atoms with Gasteiger partial charge in [0.1, 0.15) is 12.3 Å². The fraction of sp³-hybridized carbons (Fsp3) is 0.400. The molecule has 0 N–H and O–H groups in total. The molecule has 1 aliphatic heterocycles. The van der Waals surface area contributed by atoms with Crippen LogP contribution >= 0.6 is 11.8 Å². The molecule has 0 atom stereocenters. The number of rotatable bonds is 8. The van der Waals surface area contributed by atoms with Gasteiger partial charge in [0, 0.05) is 24.4 Å². The SMILES string of the molecule is COCN1CSc2cc(CCc3ccn(-c4ccc(CC(=O)OC(C)(C)C)cn4)n3)ccc21. The summed E-state index contributed by atoms with van der Waals surface area (Å²) in [5.41, 5.74) is 3.90. The summed E-state index contributed by atoms with van der Waals surface area (Å²) in [4.78, 5) is 20.0. The molecule has 1 aliphatic rings. The summed E-state index contributed by atoms with van der Waals surface area (Å²) in [5.74, 6) is 1.40. The Labute approximate surface area is 199 Å². The predicted molar refractivity (Wildman–Crippen MR) is 130 cm³/mol. The van der Waals surface area contributed by atoms with Gasteiger partial charge in [-0.25, -0.2) is 9.67 Å². The highest BCUT2D eigenvalue weighted by atomic mass is 32.2. The molecule has 8 heteroatoms. The molecule has 0 radical (unpaired) electrons. The van der Waals surface area contributed by atoms with E-state index in [0.29, 0.717) is 6.73 Å². The molecule has 0 unspecified atom stereocenters. The van der Waals surface area contributed by atoms with Crippen molar-refractivity contribution in [3.63, 3.8) is 0 Å². The van der Waals surface area contributed by atoms with Gasteiger partial charge in [0.15, 0.2) is 5.82 Å². The van der Waals surface area contributed by atoms with E-state index in [4.69, 9.17) is 9.47 Å². The van der Waals surface area contributed by atoms with E-state index in [9.17, 15) is 4.79 Å². The number of anilines is 1. The van der Waals surface area contributed by atoms with Crippen molar-refractivity contribution in [3.8, 4) is 5.82 Å². The summed E-state index contributed by atoms with van der Waals surface area (Å²) in [7, 11) is 1.73. The molecule has 1 aromatic carbocycles. The third-order valence-electron chi connectivity index (χ3n) is 5.15. The molecule has 4 rings (SSSR count). The van der Waals surface area contributed by atoms with Crippen LogP contribution in [-0.2, 0) is 33.5 Å². The number of benzene rings is 1. The van der Waals surface area contributed by atoms with E-state index in [1.54, 1.807) is 18.0 Å². The molecule has 0 bridgehead atoms. The van der Waals surface area contributed by atoms with Gasteiger partial charge in [-0.15, -0.1) is 11.8 Å². The molecule has 0 amide bonds. The number of carbonyl (C=O) groups excluding carboxylic acids is 1. The van der Waals surface area contributed by atoms with Crippen LogP contribution in [0, 0.1) is 0 Å². The number of aryl methyl sites for hydroxylation is 2. The van der Waals surface area contributed by atoms with Crippen molar-refractivity contribution in [1.29, 1.82) is 0 Å². The summed E-state index contributed by atoms with van der Waals surface area (Å²) in [6, 6.07) is 12.4. The lowest BCUT2D eigenvalue weighted by atomic mass is 10.1. The number of methoxy groups -OCH3 is 1. The Morgan fingerprint density at radius 3 is 2.67 bits per heavy atom. The van der Waals surface area contributed by atoms with Crippen molar-refractivity contribution >= 4 is 23.4 Å². The molecule has 3 aromatic rings. The number of nitrogens with zero attached hydrogens (tertiary/aromatic N) is 4. The Morgan fingerprint density at radius 1 is 1.12 bits per heavy atom. The first kappa shape index (κ1) is 23.3. The van der Waals surface area contributed by atoms with Crippen molar-refractivity contribution in [3.05, 3.63) is 65.6 Å². The zero-order valence-corrected chi connectivity index (χ0v) is 20.4. The number of esters is 1. The highest BCUT2D eigenvalue weighted by Crippen LogP contribution is 2.38. The minimum Gasteiger partial charge on any atom is -0.460 e. The Hall–Kier alpha value is -2.84. The second-order valence-electron chi connectivity index (χ2n) is 9.07. The highest BCUT2D eigenvalue weighted by molar-refractivity contribution is 7.99. The van der Waals surface area contributed by atoms with Gasteiger partial charge in [-0.2, -0.15) is 5.10 Å². The Balaban J connectivity index is 1.33. The van der Waals surface area contributed by atoms with E-state index in [-0.39, 0.29) is 12.4 Å². The van der Waals surface area contributed by atoms with Crippen LogP contribution in [0.3, 0.4) is 0 Å². The largest absolute Gasteiger partial charge is 0.460 e. The van der Waals surface area contributed by atoms with Crippen LogP contribution in [0.15, 0.2) is 53.7 Å². The summed E-state index contributed by atoms with van der Waals surface area (Å²) in [6.45, 7) is 6.21. The number of pyridine rings is 1. The maximum atomic E-state index is 12.0. The molecule has 0 aliphatic carbocycles. The maximum absolute atomic E-state index is 12.0. The average molecular weight is 467 g/mol. The second-order valence-corrected chi connectivity index (χ2v) is 10.1. The fourth-order valence-corrected chi connectivity index (χ4v) is 4.75. The highest BCUT2D eigenvalue weighted by Gasteiger charge is 2.20. The number of thioether (sulfide) groups is 1.